The van der Waals surface area contributed by atoms with Crippen LogP contribution in [-0.4, -0.2) is 46.6 Å². The number of benzene rings is 1. The average molecular weight is 432 g/mol. The van der Waals surface area contributed by atoms with Crippen molar-refractivity contribution in [1.29, 1.82) is 0 Å². The molecule has 1 aromatic heterocycles. The minimum absolute atomic E-state index is 0.0238. The van der Waals surface area contributed by atoms with E-state index in [0.717, 1.165) is 22.2 Å². The Morgan fingerprint density at radius 2 is 2.00 bits per heavy atom. The summed E-state index contributed by atoms with van der Waals surface area (Å²) in [6.07, 6.45) is 1.67. The molecule has 7 nitrogen and oxygen atoms in total. The van der Waals surface area contributed by atoms with Crippen LogP contribution in [-0.2, 0) is 4.79 Å². The molecule has 0 spiro atoms. The van der Waals surface area contributed by atoms with Crippen LogP contribution in [0.4, 0.5) is 4.79 Å². The lowest BCUT2D eigenvalue weighted by atomic mass is 10.2. The molecule has 0 atom stereocenters. The van der Waals surface area contributed by atoms with E-state index in [2.05, 4.69) is 10.3 Å². The van der Waals surface area contributed by atoms with Crippen molar-refractivity contribution in [3.63, 3.8) is 0 Å². The molecule has 2 heterocycles. The smallest absolute Gasteiger partial charge is 0.293 e. The van der Waals surface area contributed by atoms with Gasteiger partial charge in [0.1, 0.15) is 0 Å². The number of halogens is 1. The number of nitrogens with one attached hydrogen (secondary N) is 1. The molecular formula is C20H18ClN3O4S. The van der Waals surface area contributed by atoms with E-state index in [1.807, 2.05) is 30.3 Å². The second kappa shape index (κ2) is 9.58. The molecule has 1 fully saturated rings. The number of amides is 3. The van der Waals surface area contributed by atoms with Crippen LogP contribution in [0.5, 0.6) is 5.88 Å². The van der Waals surface area contributed by atoms with Crippen molar-refractivity contribution in [1.82, 2.24) is 15.2 Å². The predicted molar refractivity (Wildman–Crippen MR) is 112 cm³/mol. The molecule has 1 saturated heterocycles. The van der Waals surface area contributed by atoms with Crippen LogP contribution < -0.4 is 10.1 Å². The molecule has 0 bridgehead atoms. The summed E-state index contributed by atoms with van der Waals surface area (Å²) in [5.41, 5.74) is 0.858. The molecule has 1 aliphatic heterocycles. The van der Waals surface area contributed by atoms with Gasteiger partial charge in [-0.05, 0) is 36.4 Å². The van der Waals surface area contributed by atoms with E-state index in [1.54, 1.807) is 19.1 Å². The normalized spacial score (nSPS) is 15.1. The Morgan fingerprint density at radius 3 is 2.72 bits per heavy atom. The molecule has 0 aliphatic carbocycles. The van der Waals surface area contributed by atoms with Crippen LogP contribution in [0.2, 0.25) is 5.02 Å². The highest BCUT2D eigenvalue weighted by Gasteiger charge is 2.34. The van der Waals surface area contributed by atoms with Gasteiger partial charge in [-0.25, -0.2) is 4.98 Å². The average Bonchev–Trinajstić information content (AvgIpc) is 2.97. The number of thioether (sulfide) groups is 1. The molecule has 1 aromatic carbocycles. The van der Waals surface area contributed by atoms with Gasteiger partial charge >= 0.3 is 0 Å². The molecule has 9 heteroatoms. The predicted octanol–water partition coefficient (Wildman–Crippen LogP) is 3.60. The lowest BCUT2D eigenvalue weighted by Crippen LogP contribution is -2.37. The lowest BCUT2D eigenvalue weighted by Gasteiger charge is -2.13. The molecule has 1 aliphatic rings. The van der Waals surface area contributed by atoms with E-state index in [4.69, 9.17) is 16.3 Å². The summed E-state index contributed by atoms with van der Waals surface area (Å²) in [4.78, 5) is 42.5. The summed E-state index contributed by atoms with van der Waals surface area (Å²) < 4.78 is 5.27. The summed E-state index contributed by atoms with van der Waals surface area (Å²) in [5.74, 6) is -0.602. The van der Waals surface area contributed by atoms with Crippen LogP contribution in [0.25, 0.3) is 6.08 Å². The molecule has 3 amide bonds. The fourth-order valence-electron chi connectivity index (χ4n) is 2.57. The van der Waals surface area contributed by atoms with Gasteiger partial charge in [0.25, 0.3) is 17.1 Å². The summed E-state index contributed by atoms with van der Waals surface area (Å²) in [6, 6.07) is 12.4. The van der Waals surface area contributed by atoms with Gasteiger partial charge in [-0.15, -0.1) is 0 Å². The zero-order chi connectivity index (χ0) is 20.8. The van der Waals surface area contributed by atoms with Gasteiger partial charge in [-0.3, -0.25) is 19.3 Å². The number of pyridine rings is 1. The van der Waals surface area contributed by atoms with Gasteiger partial charge in [0, 0.05) is 19.2 Å². The third-order valence-electron chi connectivity index (χ3n) is 3.92. The molecule has 1 N–H and O–H groups in total. The van der Waals surface area contributed by atoms with E-state index in [-0.39, 0.29) is 35.0 Å². The first kappa shape index (κ1) is 20.9. The maximum absolute atomic E-state index is 12.5. The van der Waals surface area contributed by atoms with Crippen molar-refractivity contribution in [3.05, 3.63) is 63.6 Å². The van der Waals surface area contributed by atoms with Crippen molar-refractivity contribution in [2.24, 2.45) is 0 Å². The van der Waals surface area contributed by atoms with E-state index < -0.39 is 5.91 Å². The second-order valence-corrected chi connectivity index (χ2v) is 7.31. The number of hydrogen-bond donors (Lipinski definition) is 1. The van der Waals surface area contributed by atoms with Gasteiger partial charge in [0.2, 0.25) is 5.88 Å². The van der Waals surface area contributed by atoms with Crippen molar-refractivity contribution in [2.45, 2.75) is 6.92 Å². The van der Waals surface area contributed by atoms with E-state index in [0.29, 0.717) is 17.4 Å². The number of hydrogen-bond acceptors (Lipinski definition) is 6. The molecule has 29 heavy (non-hydrogen) atoms. The van der Waals surface area contributed by atoms with Crippen LogP contribution in [0.1, 0.15) is 23.0 Å². The first-order valence-electron chi connectivity index (χ1n) is 8.87. The molecule has 3 rings (SSSR count). The zero-order valence-electron chi connectivity index (χ0n) is 15.6. The number of nitrogens with zero attached hydrogens (tertiary/aromatic N) is 2. The van der Waals surface area contributed by atoms with Gasteiger partial charge in [0.05, 0.1) is 16.5 Å². The van der Waals surface area contributed by atoms with Crippen LogP contribution >= 0.6 is 23.4 Å². The Hall–Kier alpha value is -2.84. The minimum atomic E-state index is -0.511. The lowest BCUT2D eigenvalue weighted by molar-refractivity contribution is -0.122. The largest absolute Gasteiger partial charge is 0.478 e. The van der Waals surface area contributed by atoms with Gasteiger partial charge in [-0.2, -0.15) is 0 Å². The number of aromatic nitrogens is 1. The first-order valence-corrected chi connectivity index (χ1v) is 10.1. The van der Waals surface area contributed by atoms with E-state index >= 15 is 0 Å². The van der Waals surface area contributed by atoms with Crippen molar-refractivity contribution in [3.8, 4) is 5.88 Å². The number of rotatable bonds is 7. The standard InChI is InChI=1S/C20H18ClN3O4S/c1-2-28-16-9-8-14(21)17(23-16)18(25)22-10-11-24-19(26)15(29-20(24)27)12-13-6-4-3-5-7-13/h3-9,12H,2,10-11H2,1H3,(H,22,25)/b15-12+. The van der Waals surface area contributed by atoms with Crippen molar-refractivity contribution < 1.29 is 19.1 Å². The van der Waals surface area contributed by atoms with Crippen molar-refractivity contribution >= 4 is 46.5 Å². The number of ether oxygens (including phenoxy) is 1. The van der Waals surface area contributed by atoms with Crippen molar-refractivity contribution in [2.75, 3.05) is 19.7 Å². The Labute approximate surface area is 177 Å². The number of carbonyl (C=O) groups excluding carboxylic acids is 3. The van der Waals surface area contributed by atoms with Gasteiger partial charge in [0.15, 0.2) is 5.69 Å². The van der Waals surface area contributed by atoms with E-state index in [1.165, 1.54) is 6.07 Å². The Kier molecular flexibility index (Phi) is 6.90. The number of carbonyl (C=O) groups is 3. The fourth-order valence-corrected chi connectivity index (χ4v) is 3.63. The molecule has 0 saturated carbocycles. The van der Waals surface area contributed by atoms with Crippen LogP contribution in [0, 0.1) is 0 Å². The Morgan fingerprint density at radius 1 is 1.24 bits per heavy atom. The quantitative estimate of drug-likeness (QED) is 0.674. The summed E-state index contributed by atoms with van der Waals surface area (Å²) >= 11 is 6.91. The van der Waals surface area contributed by atoms with E-state index in [9.17, 15) is 14.4 Å². The van der Waals surface area contributed by atoms with Gasteiger partial charge in [-0.1, -0.05) is 41.9 Å². The number of imide groups is 1. The highest BCUT2D eigenvalue weighted by molar-refractivity contribution is 8.18. The van der Waals surface area contributed by atoms with Crippen LogP contribution in [0.3, 0.4) is 0 Å². The minimum Gasteiger partial charge on any atom is -0.478 e. The third kappa shape index (κ3) is 5.16. The summed E-state index contributed by atoms with van der Waals surface area (Å²) in [5, 5.41) is 2.43. The fraction of sp³-hybridized carbons (Fsp3) is 0.200. The summed E-state index contributed by atoms with van der Waals surface area (Å²) in [7, 11) is 0. The maximum atomic E-state index is 12.5. The summed E-state index contributed by atoms with van der Waals surface area (Å²) in [6.45, 7) is 2.33. The molecule has 150 valence electrons. The highest BCUT2D eigenvalue weighted by atomic mass is 35.5. The topological polar surface area (TPSA) is 88.6 Å². The SMILES string of the molecule is CCOc1ccc(Cl)c(C(=O)NCCN2C(=O)S/C(=C/c3ccccc3)C2=O)n1. The first-order chi connectivity index (χ1) is 14.0. The molecule has 0 radical (unpaired) electrons. The maximum Gasteiger partial charge on any atom is 0.293 e. The molecule has 0 unspecified atom stereocenters. The molecule has 2 aromatic rings. The zero-order valence-corrected chi connectivity index (χ0v) is 17.1. The third-order valence-corrected chi connectivity index (χ3v) is 5.13. The highest BCUT2D eigenvalue weighted by Crippen LogP contribution is 2.31. The molecular weight excluding hydrogens is 414 g/mol. The second-order valence-electron chi connectivity index (χ2n) is 5.91. The van der Waals surface area contributed by atoms with Crippen LogP contribution in [0.15, 0.2) is 47.4 Å². The Bertz CT molecular complexity index is 965. The monoisotopic (exact) mass is 431 g/mol. The Balaban J connectivity index is 1.60. The van der Waals surface area contributed by atoms with Gasteiger partial charge < -0.3 is 10.1 Å².